The molecule has 0 amide bonds. The lowest BCUT2D eigenvalue weighted by Crippen LogP contribution is -2.16. The number of hydrogen-bond acceptors (Lipinski definition) is 3. The Hall–Kier alpha value is -2.12. The third-order valence-electron chi connectivity index (χ3n) is 4.47. The monoisotopic (exact) mass is 294 g/mol. The number of nitriles is 1. The fraction of sp³-hybridized carbons (Fsp3) is 0.444. The highest BCUT2D eigenvalue weighted by Gasteiger charge is 2.28. The van der Waals surface area contributed by atoms with Gasteiger partial charge in [0.15, 0.2) is 0 Å². The minimum absolute atomic E-state index is 0.500. The molecule has 1 heterocycles. The molecule has 4 heteroatoms. The summed E-state index contributed by atoms with van der Waals surface area (Å²) in [5.41, 5.74) is 10.8. The van der Waals surface area contributed by atoms with Gasteiger partial charge in [0.25, 0.3) is 0 Å². The molecule has 2 N–H and O–H groups in total. The van der Waals surface area contributed by atoms with Gasteiger partial charge in [0, 0.05) is 16.8 Å². The molecule has 0 aliphatic heterocycles. The lowest BCUT2D eigenvalue weighted by molar-refractivity contribution is 0.499. The van der Waals surface area contributed by atoms with Crippen LogP contribution in [0.2, 0.25) is 0 Å². The first-order chi connectivity index (χ1) is 10.8. The second-order valence-electron chi connectivity index (χ2n) is 5.87. The topological polar surface area (TPSA) is 67.6 Å². The summed E-state index contributed by atoms with van der Waals surface area (Å²) in [6.45, 7) is 1.39. The Morgan fingerprint density at radius 3 is 2.86 bits per heavy atom. The van der Waals surface area contributed by atoms with Gasteiger partial charge in [-0.3, -0.25) is 4.68 Å². The van der Waals surface area contributed by atoms with E-state index in [1.165, 1.54) is 29.7 Å². The second-order valence-corrected chi connectivity index (χ2v) is 5.87. The SMILES string of the molecule is N#CCCn1nc(-c2ccccc2)c2c1CCCC2CCN. The van der Waals surface area contributed by atoms with Gasteiger partial charge >= 0.3 is 0 Å². The molecule has 1 aliphatic rings. The highest BCUT2D eigenvalue weighted by molar-refractivity contribution is 5.65. The van der Waals surface area contributed by atoms with E-state index in [1.54, 1.807) is 0 Å². The normalized spacial score (nSPS) is 17.0. The van der Waals surface area contributed by atoms with Gasteiger partial charge in [-0.05, 0) is 38.1 Å². The Labute approximate surface area is 131 Å². The first kappa shape index (κ1) is 14.8. The highest BCUT2D eigenvalue weighted by Crippen LogP contribution is 2.40. The number of benzene rings is 1. The predicted octanol–water partition coefficient (Wildman–Crippen LogP) is 3.23. The van der Waals surface area contributed by atoms with E-state index < -0.39 is 0 Å². The van der Waals surface area contributed by atoms with Gasteiger partial charge in [0.1, 0.15) is 0 Å². The van der Waals surface area contributed by atoms with Crippen molar-refractivity contribution in [2.24, 2.45) is 5.73 Å². The Morgan fingerprint density at radius 2 is 2.14 bits per heavy atom. The zero-order valence-electron chi connectivity index (χ0n) is 12.8. The Bertz CT molecular complexity index is 666. The summed E-state index contributed by atoms with van der Waals surface area (Å²) >= 11 is 0. The van der Waals surface area contributed by atoms with Crippen molar-refractivity contribution < 1.29 is 0 Å². The van der Waals surface area contributed by atoms with Crippen LogP contribution >= 0.6 is 0 Å². The van der Waals surface area contributed by atoms with Crippen molar-refractivity contribution in [1.82, 2.24) is 9.78 Å². The summed E-state index contributed by atoms with van der Waals surface area (Å²) in [7, 11) is 0. The van der Waals surface area contributed by atoms with Gasteiger partial charge in [0.05, 0.1) is 24.7 Å². The molecule has 0 fully saturated rings. The molecule has 1 aromatic carbocycles. The molecule has 0 saturated carbocycles. The van der Waals surface area contributed by atoms with Gasteiger partial charge in [-0.2, -0.15) is 10.4 Å². The highest BCUT2D eigenvalue weighted by atomic mass is 15.3. The summed E-state index contributed by atoms with van der Waals surface area (Å²) in [4.78, 5) is 0. The van der Waals surface area contributed by atoms with Crippen LogP contribution in [0.3, 0.4) is 0 Å². The average molecular weight is 294 g/mol. The van der Waals surface area contributed by atoms with Crippen LogP contribution in [-0.2, 0) is 13.0 Å². The van der Waals surface area contributed by atoms with E-state index in [0.717, 1.165) is 18.5 Å². The number of aromatic nitrogens is 2. The van der Waals surface area contributed by atoms with Crippen molar-refractivity contribution in [3.05, 3.63) is 41.6 Å². The van der Waals surface area contributed by atoms with Crippen LogP contribution in [0.15, 0.2) is 30.3 Å². The lowest BCUT2D eigenvalue weighted by Gasteiger charge is -2.23. The van der Waals surface area contributed by atoms with Crippen LogP contribution in [-0.4, -0.2) is 16.3 Å². The summed E-state index contributed by atoms with van der Waals surface area (Å²) < 4.78 is 2.06. The van der Waals surface area contributed by atoms with Gasteiger partial charge in [0.2, 0.25) is 0 Å². The van der Waals surface area contributed by atoms with E-state index in [0.29, 0.717) is 25.4 Å². The number of nitrogens with two attached hydrogens (primary N) is 1. The fourth-order valence-corrected chi connectivity index (χ4v) is 3.50. The smallest absolute Gasteiger partial charge is 0.0960 e. The van der Waals surface area contributed by atoms with E-state index in [4.69, 9.17) is 16.1 Å². The predicted molar refractivity (Wildman–Crippen MR) is 87.2 cm³/mol. The average Bonchev–Trinajstić information content (AvgIpc) is 2.94. The maximum Gasteiger partial charge on any atom is 0.0960 e. The number of fused-ring (bicyclic) bond motifs is 1. The van der Waals surface area contributed by atoms with Crippen LogP contribution in [0.1, 0.15) is 42.9 Å². The van der Waals surface area contributed by atoms with Crippen LogP contribution < -0.4 is 5.73 Å². The van der Waals surface area contributed by atoms with Gasteiger partial charge in [-0.15, -0.1) is 0 Å². The molecule has 1 aliphatic carbocycles. The van der Waals surface area contributed by atoms with E-state index in [1.807, 2.05) is 6.07 Å². The maximum absolute atomic E-state index is 8.88. The van der Waals surface area contributed by atoms with Crippen molar-refractivity contribution >= 4 is 0 Å². The van der Waals surface area contributed by atoms with Crippen molar-refractivity contribution in [3.63, 3.8) is 0 Å². The Kier molecular flexibility index (Phi) is 4.55. The second kappa shape index (κ2) is 6.76. The first-order valence-electron chi connectivity index (χ1n) is 8.07. The molecule has 1 atom stereocenters. The molecule has 2 aromatic rings. The molecule has 3 rings (SSSR count). The fourth-order valence-electron chi connectivity index (χ4n) is 3.50. The molecule has 0 spiro atoms. The van der Waals surface area contributed by atoms with Crippen molar-refractivity contribution in [2.75, 3.05) is 6.54 Å². The minimum Gasteiger partial charge on any atom is -0.330 e. The Morgan fingerprint density at radius 1 is 1.32 bits per heavy atom. The van der Waals surface area contributed by atoms with Crippen LogP contribution in [0.5, 0.6) is 0 Å². The van der Waals surface area contributed by atoms with Crippen molar-refractivity contribution in [1.29, 1.82) is 5.26 Å². The standard InChI is InChI=1S/C18H22N4/c19-11-5-13-22-16-9-4-8-14(10-12-20)17(16)18(21-22)15-6-2-1-3-7-15/h1-3,6-7,14H,4-5,8-10,12-13,20H2. The summed E-state index contributed by atoms with van der Waals surface area (Å²) in [6, 6.07) is 12.6. The van der Waals surface area contributed by atoms with E-state index in [9.17, 15) is 0 Å². The zero-order valence-corrected chi connectivity index (χ0v) is 12.8. The molecular formula is C18H22N4. The first-order valence-corrected chi connectivity index (χ1v) is 8.07. The van der Waals surface area contributed by atoms with Crippen LogP contribution in [0.4, 0.5) is 0 Å². The molecule has 0 radical (unpaired) electrons. The summed E-state index contributed by atoms with van der Waals surface area (Å²) in [5.74, 6) is 0.500. The third kappa shape index (κ3) is 2.77. The molecular weight excluding hydrogens is 272 g/mol. The summed E-state index contributed by atoms with van der Waals surface area (Å²) in [6.07, 6.45) is 4.94. The third-order valence-corrected chi connectivity index (χ3v) is 4.47. The Balaban J connectivity index is 2.08. The maximum atomic E-state index is 8.88. The van der Waals surface area contributed by atoms with Crippen LogP contribution in [0.25, 0.3) is 11.3 Å². The molecule has 22 heavy (non-hydrogen) atoms. The van der Waals surface area contributed by atoms with Gasteiger partial charge in [-0.25, -0.2) is 0 Å². The van der Waals surface area contributed by atoms with E-state index in [-0.39, 0.29) is 0 Å². The number of nitrogens with zero attached hydrogens (tertiary/aromatic N) is 3. The number of hydrogen-bond donors (Lipinski definition) is 1. The summed E-state index contributed by atoms with van der Waals surface area (Å²) in [5, 5.41) is 13.7. The van der Waals surface area contributed by atoms with Crippen molar-refractivity contribution in [2.45, 2.75) is 44.6 Å². The van der Waals surface area contributed by atoms with Gasteiger partial charge in [-0.1, -0.05) is 30.3 Å². The largest absolute Gasteiger partial charge is 0.330 e. The molecule has 0 saturated heterocycles. The van der Waals surface area contributed by atoms with E-state index >= 15 is 0 Å². The van der Waals surface area contributed by atoms with E-state index in [2.05, 4.69) is 35.0 Å². The van der Waals surface area contributed by atoms with Crippen LogP contribution in [0, 0.1) is 11.3 Å². The molecule has 1 unspecified atom stereocenters. The number of rotatable bonds is 5. The quantitative estimate of drug-likeness (QED) is 0.920. The molecule has 4 nitrogen and oxygen atoms in total. The molecule has 114 valence electrons. The van der Waals surface area contributed by atoms with Gasteiger partial charge < -0.3 is 5.73 Å². The lowest BCUT2D eigenvalue weighted by atomic mass is 9.82. The number of aryl methyl sites for hydroxylation is 1. The zero-order chi connectivity index (χ0) is 15.4. The molecule has 0 bridgehead atoms. The minimum atomic E-state index is 0.500. The van der Waals surface area contributed by atoms with Crippen molar-refractivity contribution in [3.8, 4) is 17.3 Å². The molecule has 1 aromatic heterocycles.